The van der Waals surface area contributed by atoms with Gasteiger partial charge in [-0.3, -0.25) is 19.2 Å². The van der Waals surface area contributed by atoms with Crippen LogP contribution in [-0.2, 0) is 47.6 Å². The fourth-order valence-corrected chi connectivity index (χ4v) is 8.83. The van der Waals surface area contributed by atoms with Crippen LogP contribution in [0.3, 0.4) is 0 Å². The number of hydrogen-bond acceptors (Lipinski definition) is 11. The lowest BCUT2D eigenvalue weighted by Crippen LogP contribution is -2.76. The minimum atomic E-state index is -1.64. The van der Waals surface area contributed by atoms with Crippen molar-refractivity contribution in [2.75, 3.05) is 0 Å². The minimum absolute atomic E-state index is 0.0166. The Bertz CT molecular complexity index is 1450. The lowest BCUT2D eigenvalue weighted by atomic mass is 9.50. The van der Waals surface area contributed by atoms with E-state index in [0.717, 1.165) is 0 Å². The maximum Gasteiger partial charge on any atom is 0.338 e. The van der Waals surface area contributed by atoms with Gasteiger partial charge in [-0.15, -0.1) is 11.6 Å². The Morgan fingerprint density at radius 3 is 2.09 bits per heavy atom. The normalized spacial score (nSPS) is 41.4. The second kappa shape index (κ2) is 12.0. The average molecular weight is 661 g/mol. The lowest BCUT2D eigenvalue weighted by Gasteiger charge is -2.64. The average Bonchev–Trinajstić information content (AvgIpc) is 3.22. The third kappa shape index (κ3) is 5.29. The fraction of sp³-hybridized carbons (Fsp3) is 0.618. The van der Waals surface area contributed by atoms with Crippen LogP contribution in [0.25, 0.3) is 0 Å². The summed E-state index contributed by atoms with van der Waals surface area (Å²) in [6.45, 7) is 15.0. The van der Waals surface area contributed by atoms with Crippen molar-refractivity contribution >= 4 is 41.4 Å². The van der Waals surface area contributed by atoms with Gasteiger partial charge in [0.25, 0.3) is 0 Å². The van der Waals surface area contributed by atoms with E-state index in [1.807, 2.05) is 6.92 Å². The summed E-state index contributed by atoms with van der Waals surface area (Å²) in [4.78, 5) is 65.2. The second-order valence-corrected chi connectivity index (χ2v) is 13.9. The molecule has 3 aliphatic heterocycles. The van der Waals surface area contributed by atoms with Crippen molar-refractivity contribution in [2.45, 2.75) is 108 Å². The van der Waals surface area contributed by atoms with E-state index in [-0.39, 0.29) is 12.8 Å². The number of hydrogen-bond donors (Lipinski definition) is 0. The van der Waals surface area contributed by atoms with Crippen LogP contribution in [-0.4, -0.2) is 76.9 Å². The molecule has 12 atom stereocenters. The zero-order valence-electron chi connectivity index (χ0n) is 27.1. The third-order valence-electron chi connectivity index (χ3n) is 10.6. The topological polar surface area (TPSA) is 141 Å². The monoisotopic (exact) mass is 660 g/mol. The molecule has 12 heteroatoms. The van der Waals surface area contributed by atoms with E-state index < -0.39 is 100 Å². The highest BCUT2D eigenvalue weighted by Gasteiger charge is 2.76. The SMILES string of the molecule is C=C1[C@H](Cl)[C@@H]2OC(=O)[C@H](C)[C@]23O[C@@]1(C)C[C@H](OC(C)=O)[C@]1(C)C([C@@H](C)[C@H](OC(=O)c2ccccc2)C[C@@H]1OC(C)=O)[C@@H]3OC(C)=O. The molecule has 1 spiro atoms. The van der Waals surface area contributed by atoms with Crippen molar-refractivity contribution in [1.29, 1.82) is 0 Å². The van der Waals surface area contributed by atoms with Crippen molar-refractivity contribution in [3.05, 3.63) is 48.0 Å². The van der Waals surface area contributed by atoms with Gasteiger partial charge in [0.1, 0.15) is 24.4 Å². The molecule has 250 valence electrons. The summed E-state index contributed by atoms with van der Waals surface area (Å²) >= 11 is 7.03. The van der Waals surface area contributed by atoms with Crippen LogP contribution in [0.2, 0.25) is 0 Å². The number of fused-ring (bicyclic) bond motifs is 2. The van der Waals surface area contributed by atoms with Gasteiger partial charge in [-0.1, -0.05) is 38.6 Å². The highest BCUT2D eigenvalue weighted by atomic mass is 35.5. The molecule has 3 saturated heterocycles. The van der Waals surface area contributed by atoms with Crippen LogP contribution in [0.4, 0.5) is 0 Å². The van der Waals surface area contributed by atoms with Gasteiger partial charge in [-0.2, -0.15) is 0 Å². The van der Waals surface area contributed by atoms with Gasteiger partial charge in [0.2, 0.25) is 0 Å². The van der Waals surface area contributed by atoms with Gasteiger partial charge in [-0.25, -0.2) is 4.79 Å². The Labute approximate surface area is 273 Å². The van der Waals surface area contributed by atoms with Gasteiger partial charge in [0.05, 0.1) is 22.5 Å². The van der Waals surface area contributed by atoms with E-state index in [9.17, 15) is 24.0 Å². The predicted octanol–water partition coefficient (Wildman–Crippen LogP) is 4.33. The van der Waals surface area contributed by atoms with Crippen LogP contribution < -0.4 is 0 Å². The number of esters is 5. The van der Waals surface area contributed by atoms with E-state index in [0.29, 0.717) is 11.1 Å². The van der Waals surface area contributed by atoms with E-state index in [2.05, 4.69) is 6.58 Å². The molecule has 1 unspecified atom stereocenters. The van der Waals surface area contributed by atoms with Crippen molar-refractivity contribution in [3.8, 4) is 0 Å². The summed E-state index contributed by atoms with van der Waals surface area (Å²) in [5.41, 5.74) is -3.52. The van der Waals surface area contributed by atoms with Gasteiger partial charge in [-0.05, 0) is 31.6 Å². The molecule has 1 saturated carbocycles. The van der Waals surface area contributed by atoms with E-state index in [4.69, 9.17) is 40.0 Å². The summed E-state index contributed by atoms with van der Waals surface area (Å²) in [6.07, 6.45) is -5.20. The number of alkyl halides is 1. The molecule has 1 aromatic rings. The first kappa shape index (κ1) is 33.9. The molecule has 11 nitrogen and oxygen atoms in total. The zero-order valence-corrected chi connectivity index (χ0v) is 27.8. The van der Waals surface area contributed by atoms with E-state index in [1.54, 1.807) is 51.1 Å². The fourth-order valence-electron chi connectivity index (χ4n) is 8.35. The molecule has 0 N–H and O–H groups in total. The molecular weight excluding hydrogens is 620 g/mol. The van der Waals surface area contributed by atoms with E-state index in [1.165, 1.54) is 20.8 Å². The number of carbonyl (C=O) groups is 5. The minimum Gasteiger partial charge on any atom is -0.462 e. The summed E-state index contributed by atoms with van der Waals surface area (Å²) in [7, 11) is 0. The molecule has 0 radical (unpaired) electrons. The molecule has 0 aromatic heterocycles. The Hall–Kier alpha value is -3.44. The van der Waals surface area contributed by atoms with Crippen LogP contribution in [0.1, 0.15) is 71.7 Å². The van der Waals surface area contributed by atoms with E-state index >= 15 is 0 Å². The molecule has 4 aliphatic rings. The summed E-state index contributed by atoms with van der Waals surface area (Å²) in [6, 6.07) is 8.43. The van der Waals surface area contributed by atoms with Gasteiger partial charge >= 0.3 is 29.8 Å². The number of ether oxygens (including phenoxy) is 6. The molecule has 46 heavy (non-hydrogen) atoms. The van der Waals surface area contributed by atoms with Crippen molar-refractivity contribution in [2.24, 2.45) is 23.2 Å². The van der Waals surface area contributed by atoms with Crippen LogP contribution in [0.5, 0.6) is 0 Å². The number of rotatable bonds is 5. The smallest absolute Gasteiger partial charge is 0.338 e. The van der Waals surface area contributed by atoms with Crippen molar-refractivity contribution < 1.29 is 52.4 Å². The van der Waals surface area contributed by atoms with Crippen LogP contribution >= 0.6 is 11.6 Å². The standard InChI is InChI=1S/C34H41ClO11/c1-16-23(44-31(40)22-12-10-9-11-13-22)14-24(41-19(4)36)33(8)25(42-20(5)37)15-32(7)17(2)27(35)29-34(46-32,18(3)30(39)45-29)28(26(16)33)43-21(6)38/h9-13,16,18,23-29H,2,14-15H2,1,3-8H3/t16-,18-,23+,24-,25-,26?,27-,28-,29-,32-,33+,34+/m0/s1. The maximum atomic E-state index is 13.4. The maximum absolute atomic E-state index is 13.4. The van der Waals surface area contributed by atoms with Gasteiger partial charge in [0, 0.05) is 50.9 Å². The van der Waals surface area contributed by atoms with Crippen molar-refractivity contribution in [1.82, 2.24) is 0 Å². The largest absolute Gasteiger partial charge is 0.462 e. The van der Waals surface area contributed by atoms with Crippen molar-refractivity contribution in [3.63, 3.8) is 0 Å². The van der Waals surface area contributed by atoms with Gasteiger partial charge < -0.3 is 28.4 Å². The highest BCUT2D eigenvalue weighted by molar-refractivity contribution is 6.23. The molecule has 0 amide bonds. The summed E-state index contributed by atoms with van der Waals surface area (Å²) < 4.78 is 37.2. The first-order valence-corrected chi connectivity index (χ1v) is 15.9. The quantitative estimate of drug-likeness (QED) is 0.193. The molecule has 1 aliphatic carbocycles. The second-order valence-electron chi connectivity index (χ2n) is 13.4. The number of halogens is 1. The van der Waals surface area contributed by atoms with Crippen LogP contribution in [0, 0.1) is 23.2 Å². The zero-order chi connectivity index (χ0) is 33.9. The Balaban J connectivity index is 1.77. The first-order chi connectivity index (χ1) is 21.5. The molecule has 5 rings (SSSR count). The summed E-state index contributed by atoms with van der Waals surface area (Å²) in [5, 5.41) is -0.956. The number of carbonyl (C=O) groups excluding carboxylic acids is 5. The predicted molar refractivity (Wildman–Crippen MR) is 162 cm³/mol. The first-order valence-electron chi connectivity index (χ1n) is 15.5. The Kier molecular flexibility index (Phi) is 8.83. The Morgan fingerprint density at radius 1 is 0.913 bits per heavy atom. The molecular formula is C34H41ClO11. The summed E-state index contributed by atoms with van der Waals surface area (Å²) in [5.74, 6) is -5.60. The Morgan fingerprint density at radius 2 is 1.50 bits per heavy atom. The van der Waals surface area contributed by atoms with Crippen LogP contribution in [0.15, 0.2) is 42.5 Å². The van der Waals surface area contributed by atoms with Gasteiger partial charge in [0.15, 0.2) is 11.7 Å². The molecule has 2 bridgehead atoms. The molecule has 4 fully saturated rings. The third-order valence-corrected chi connectivity index (χ3v) is 11.1. The lowest BCUT2D eigenvalue weighted by molar-refractivity contribution is -0.309. The number of benzene rings is 1. The highest BCUT2D eigenvalue weighted by Crippen LogP contribution is 2.63. The molecule has 1 aromatic carbocycles. The molecule has 3 heterocycles.